The fraction of sp³-hybridized carbons (Fsp3) is 1.00. The molecule has 0 N–H and O–H groups in total. The zero-order chi connectivity index (χ0) is 16.4. The van der Waals surface area contributed by atoms with E-state index < -0.39 is 10.4 Å². The van der Waals surface area contributed by atoms with Crippen molar-refractivity contribution < 1.29 is 16.8 Å². The molecule has 0 aliphatic rings. The molecule has 0 radical (unpaired) electrons. The number of rotatable bonds is 13. The van der Waals surface area contributed by atoms with Crippen molar-refractivity contribution >= 4 is 40.0 Å². The molecule has 4 nitrogen and oxygen atoms in total. The Bertz CT molecular complexity index is 260. The Morgan fingerprint density at radius 3 is 1.09 bits per heavy atom. The number of hydrogen-bond donors (Lipinski definition) is 0. The molecule has 0 saturated carbocycles. The summed E-state index contributed by atoms with van der Waals surface area (Å²) in [5.41, 5.74) is 0. The summed E-state index contributed by atoms with van der Waals surface area (Å²) in [6.45, 7) is 7.94. The molecule has 0 fully saturated rings. The molecule has 0 bridgehead atoms. The van der Waals surface area contributed by atoms with Crippen LogP contribution in [0.15, 0.2) is 0 Å². The van der Waals surface area contributed by atoms with Gasteiger partial charge in [0.25, 0.3) is 0 Å². The van der Waals surface area contributed by atoms with Gasteiger partial charge in [-0.05, 0) is 13.8 Å². The molecule has 0 heterocycles. The first-order chi connectivity index (χ1) is 10.0. The van der Waals surface area contributed by atoms with Gasteiger partial charge in [-0.1, -0.05) is 78.1 Å². The SMILES string of the molecule is CCCCCCCCCCCC.CCOS(=O)(=O)OCC.[NaH]. The number of hydrogen-bond acceptors (Lipinski definition) is 4. The van der Waals surface area contributed by atoms with Gasteiger partial charge in [0.1, 0.15) is 0 Å². The molecule has 22 heavy (non-hydrogen) atoms. The molecule has 0 aromatic carbocycles. The normalized spacial score (nSPS) is 10.5. The van der Waals surface area contributed by atoms with Crippen LogP contribution in [0.4, 0.5) is 0 Å². The summed E-state index contributed by atoms with van der Waals surface area (Å²) in [5.74, 6) is 0. The van der Waals surface area contributed by atoms with Gasteiger partial charge >= 0.3 is 40.0 Å². The Balaban J connectivity index is -0.000000326. The molecule has 0 amide bonds. The van der Waals surface area contributed by atoms with Gasteiger partial charge in [0.2, 0.25) is 0 Å². The molecular weight excluding hydrogens is 311 g/mol. The van der Waals surface area contributed by atoms with Crippen LogP contribution in [0.25, 0.3) is 0 Å². The summed E-state index contributed by atoms with van der Waals surface area (Å²) >= 11 is 0. The summed E-state index contributed by atoms with van der Waals surface area (Å²) in [4.78, 5) is 0. The van der Waals surface area contributed by atoms with Crippen molar-refractivity contribution in [2.75, 3.05) is 13.2 Å². The van der Waals surface area contributed by atoms with Gasteiger partial charge in [-0.3, -0.25) is 0 Å². The van der Waals surface area contributed by atoms with E-state index in [1.807, 2.05) is 0 Å². The third kappa shape index (κ3) is 25.8. The van der Waals surface area contributed by atoms with Crippen molar-refractivity contribution in [3.63, 3.8) is 0 Å². The first kappa shape index (κ1) is 27.7. The van der Waals surface area contributed by atoms with E-state index in [-0.39, 0.29) is 42.8 Å². The van der Waals surface area contributed by atoms with Crippen LogP contribution >= 0.6 is 0 Å². The number of unbranched alkanes of at least 4 members (excludes halogenated alkanes) is 9. The van der Waals surface area contributed by atoms with E-state index in [2.05, 4.69) is 22.2 Å². The van der Waals surface area contributed by atoms with Crippen molar-refractivity contribution in [3.8, 4) is 0 Å². The van der Waals surface area contributed by atoms with Crippen LogP contribution in [0.2, 0.25) is 0 Å². The third-order valence-electron chi connectivity index (χ3n) is 2.98. The quantitative estimate of drug-likeness (QED) is 0.361. The Morgan fingerprint density at radius 2 is 0.864 bits per heavy atom. The standard InChI is InChI=1S/C12H26.C4H10O4S.Na.H/c1-3-5-7-9-11-12-10-8-6-4-2;1-3-7-9(5,6)8-4-2;;/h3-12H2,1-2H3;3-4H2,1-2H3;;. The summed E-state index contributed by atoms with van der Waals surface area (Å²) in [7, 11) is -3.68. The minimum atomic E-state index is -3.68. The van der Waals surface area contributed by atoms with Crippen molar-refractivity contribution in [2.24, 2.45) is 0 Å². The molecule has 0 aliphatic heterocycles. The second kappa shape index (κ2) is 21.9. The Hall–Kier alpha value is 0.870. The van der Waals surface area contributed by atoms with Gasteiger partial charge in [-0.2, -0.15) is 8.42 Å². The monoisotopic (exact) mass is 348 g/mol. The van der Waals surface area contributed by atoms with Crippen LogP contribution in [-0.4, -0.2) is 51.2 Å². The van der Waals surface area contributed by atoms with E-state index in [0.29, 0.717) is 0 Å². The average Bonchev–Trinajstić information content (AvgIpc) is 2.42. The fourth-order valence-corrected chi connectivity index (χ4v) is 2.53. The molecule has 0 unspecified atom stereocenters. The van der Waals surface area contributed by atoms with Crippen LogP contribution in [0, 0.1) is 0 Å². The van der Waals surface area contributed by atoms with Gasteiger partial charge < -0.3 is 0 Å². The van der Waals surface area contributed by atoms with Crippen molar-refractivity contribution in [2.45, 2.75) is 91.9 Å². The maximum absolute atomic E-state index is 10.4. The maximum atomic E-state index is 10.4. The Morgan fingerprint density at radius 1 is 0.591 bits per heavy atom. The summed E-state index contributed by atoms with van der Waals surface area (Å²) < 4.78 is 29.2. The van der Waals surface area contributed by atoms with E-state index in [9.17, 15) is 8.42 Å². The molecule has 0 rings (SSSR count). The Kier molecular flexibility index (Phi) is 27.5. The zero-order valence-electron chi connectivity index (χ0n) is 14.5. The van der Waals surface area contributed by atoms with Crippen LogP contribution in [0.5, 0.6) is 0 Å². The van der Waals surface area contributed by atoms with Crippen LogP contribution < -0.4 is 0 Å². The fourth-order valence-electron chi connectivity index (χ4n) is 1.88. The minimum absolute atomic E-state index is 0. The first-order valence-corrected chi connectivity index (χ1v) is 9.91. The summed E-state index contributed by atoms with van der Waals surface area (Å²) in [5, 5.41) is 0. The second-order valence-electron chi connectivity index (χ2n) is 5.05. The van der Waals surface area contributed by atoms with Crippen molar-refractivity contribution in [3.05, 3.63) is 0 Å². The summed E-state index contributed by atoms with van der Waals surface area (Å²) in [6, 6.07) is 0. The van der Waals surface area contributed by atoms with E-state index in [1.54, 1.807) is 13.8 Å². The van der Waals surface area contributed by atoms with Gasteiger partial charge in [-0.25, -0.2) is 8.37 Å². The van der Waals surface area contributed by atoms with E-state index in [4.69, 9.17) is 0 Å². The molecule has 0 aliphatic carbocycles. The van der Waals surface area contributed by atoms with Gasteiger partial charge in [0.15, 0.2) is 0 Å². The first-order valence-electron chi connectivity index (χ1n) is 8.57. The van der Waals surface area contributed by atoms with Crippen LogP contribution in [-0.2, 0) is 18.8 Å². The molecule has 0 aromatic heterocycles. The van der Waals surface area contributed by atoms with E-state index in [1.165, 1.54) is 64.2 Å². The van der Waals surface area contributed by atoms with Crippen LogP contribution in [0.3, 0.4) is 0 Å². The molecule has 0 aromatic rings. The van der Waals surface area contributed by atoms with Crippen molar-refractivity contribution in [1.82, 2.24) is 0 Å². The second-order valence-corrected chi connectivity index (χ2v) is 6.34. The third-order valence-corrected chi connectivity index (χ3v) is 4.03. The van der Waals surface area contributed by atoms with Crippen LogP contribution in [0.1, 0.15) is 91.9 Å². The molecule has 132 valence electrons. The molecule has 0 atom stereocenters. The topological polar surface area (TPSA) is 52.6 Å². The average molecular weight is 349 g/mol. The van der Waals surface area contributed by atoms with Gasteiger partial charge in [0.05, 0.1) is 13.2 Å². The molecular formula is C16H37NaO4S. The van der Waals surface area contributed by atoms with Gasteiger partial charge in [0, 0.05) is 0 Å². The summed E-state index contributed by atoms with van der Waals surface area (Å²) in [6.07, 6.45) is 14.4. The molecule has 0 saturated heterocycles. The van der Waals surface area contributed by atoms with Gasteiger partial charge in [-0.15, -0.1) is 0 Å². The predicted molar refractivity (Wildman–Crippen MR) is 96.8 cm³/mol. The molecule has 6 heteroatoms. The van der Waals surface area contributed by atoms with E-state index >= 15 is 0 Å². The zero-order valence-corrected chi connectivity index (χ0v) is 15.3. The van der Waals surface area contributed by atoms with Crippen molar-refractivity contribution in [1.29, 1.82) is 0 Å². The Labute approximate surface area is 161 Å². The predicted octanol–water partition coefficient (Wildman–Crippen LogP) is 4.58. The molecule has 0 spiro atoms. The van der Waals surface area contributed by atoms with E-state index in [0.717, 1.165) is 0 Å².